The van der Waals surface area contributed by atoms with Gasteiger partial charge in [0.15, 0.2) is 17.6 Å². The number of hydrogen-bond donors (Lipinski definition) is 2. The molecule has 2 rings (SSSR count). The van der Waals surface area contributed by atoms with Crippen LogP contribution in [0.1, 0.15) is 31.4 Å². The molecular formula is C18H25NO7. The minimum Gasteiger partial charge on any atom is -0.493 e. The van der Waals surface area contributed by atoms with Crippen LogP contribution >= 0.6 is 0 Å². The number of amides is 1. The molecular weight excluding hydrogens is 342 g/mol. The third kappa shape index (κ3) is 5.09. The van der Waals surface area contributed by atoms with E-state index >= 15 is 0 Å². The SMILES string of the molecule is COCCOc1ccc(C(C)NC(=O)[C@@H]2CC[C@H](C(=O)O)O2)cc1OC. The maximum Gasteiger partial charge on any atom is 0.332 e. The zero-order valence-electron chi connectivity index (χ0n) is 15.2. The molecule has 1 aliphatic heterocycles. The van der Waals surface area contributed by atoms with Crippen LogP contribution in [-0.4, -0.2) is 56.6 Å². The average molecular weight is 367 g/mol. The molecule has 3 atom stereocenters. The topological polar surface area (TPSA) is 103 Å². The molecule has 0 aromatic heterocycles. The van der Waals surface area contributed by atoms with E-state index in [4.69, 9.17) is 24.1 Å². The van der Waals surface area contributed by atoms with Gasteiger partial charge in [-0.2, -0.15) is 0 Å². The second-order valence-electron chi connectivity index (χ2n) is 6.01. The Morgan fingerprint density at radius 3 is 2.58 bits per heavy atom. The number of carbonyl (C=O) groups is 2. The number of carboxylic acids is 1. The van der Waals surface area contributed by atoms with Crippen molar-refractivity contribution in [2.75, 3.05) is 27.4 Å². The van der Waals surface area contributed by atoms with Crippen molar-refractivity contribution in [1.29, 1.82) is 0 Å². The molecule has 0 saturated carbocycles. The molecule has 1 unspecified atom stereocenters. The largest absolute Gasteiger partial charge is 0.493 e. The van der Waals surface area contributed by atoms with Gasteiger partial charge in [-0.25, -0.2) is 4.79 Å². The first-order chi connectivity index (χ1) is 12.5. The third-order valence-electron chi connectivity index (χ3n) is 4.18. The van der Waals surface area contributed by atoms with E-state index in [-0.39, 0.29) is 11.9 Å². The van der Waals surface area contributed by atoms with E-state index in [0.29, 0.717) is 37.6 Å². The number of carboxylic acid groups (broad SMARTS) is 1. The van der Waals surface area contributed by atoms with Crippen LogP contribution in [0.25, 0.3) is 0 Å². The molecule has 1 aromatic carbocycles. The predicted molar refractivity (Wildman–Crippen MR) is 92.5 cm³/mol. The minimum absolute atomic E-state index is 0.295. The molecule has 1 saturated heterocycles. The first-order valence-electron chi connectivity index (χ1n) is 8.44. The zero-order chi connectivity index (χ0) is 19.1. The number of hydrogen-bond acceptors (Lipinski definition) is 6. The fourth-order valence-electron chi connectivity index (χ4n) is 2.71. The van der Waals surface area contributed by atoms with Gasteiger partial charge >= 0.3 is 5.97 Å². The summed E-state index contributed by atoms with van der Waals surface area (Å²) in [6.07, 6.45) is -0.921. The molecule has 0 radical (unpaired) electrons. The first-order valence-corrected chi connectivity index (χ1v) is 8.44. The van der Waals surface area contributed by atoms with Gasteiger partial charge in [0, 0.05) is 7.11 Å². The van der Waals surface area contributed by atoms with Crippen molar-refractivity contribution >= 4 is 11.9 Å². The number of aliphatic carboxylic acids is 1. The highest BCUT2D eigenvalue weighted by atomic mass is 16.5. The molecule has 144 valence electrons. The lowest BCUT2D eigenvalue weighted by molar-refractivity contribution is -0.151. The number of nitrogens with one attached hydrogen (secondary N) is 1. The highest BCUT2D eigenvalue weighted by Gasteiger charge is 2.35. The quantitative estimate of drug-likeness (QED) is 0.638. The lowest BCUT2D eigenvalue weighted by Crippen LogP contribution is -2.37. The Bertz CT molecular complexity index is 634. The maximum absolute atomic E-state index is 12.3. The Labute approximate surface area is 152 Å². The van der Waals surface area contributed by atoms with Gasteiger partial charge in [-0.3, -0.25) is 4.79 Å². The van der Waals surface area contributed by atoms with Crippen LogP contribution in [0.5, 0.6) is 11.5 Å². The highest BCUT2D eigenvalue weighted by molar-refractivity contribution is 5.83. The van der Waals surface area contributed by atoms with Gasteiger partial charge < -0.3 is 29.4 Å². The Kier molecular flexibility index (Phi) is 7.23. The van der Waals surface area contributed by atoms with Crippen molar-refractivity contribution in [2.45, 2.75) is 38.0 Å². The Hall–Kier alpha value is -2.32. The molecule has 8 heteroatoms. The van der Waals surface area contributed by atoms with Crippen molar-refractivity contribution in [3.8, 4) is 11.5 Å². The summed E-state index contributed by atoms with van der Waals surface area (Å²) < 4.78 is 21.2. The lowest BCUT2D eigenvalue weighted by atomic mass is 10.1. The number of rotatable bonds is 9. The van der Waals surface area contributed by atoms with Crippen LogP contribution in [0.2, 0.25) is 0 Å². The smallest absolute Gasteiger partial charge is 0.332 e. The minimum atomic E-state index is -1.04. The number of carbonyl (C=O) groups excluding carboxylic acids is 1. The zero-order valence-corrected chi connectivity index (χ0v) is 15.2. The van der Waals surface area contributed by atoms with E-state index in [9.17, 15) is 9.59 Å². The normalized spacial score (nSPS) is 20.4. The molecule has 26 heavy (non-hydrogen) atoms. The molecule has 8 nitrogen and oxygen atoms in total. The number of benzene rings is 1. The Balaban J connectivity index is 1.97. The van der Waals surface area contributed by atoms with E-state index in [1.54, 1.807) is 26.4 Å². The van der Waals surface area contributed by atoms with Crippen LogP contribution in [-0.2, 0) is 19.1 Å². The van der Waals surface area contributed by atoms with Crippen LogP contribution in [0.15, 0.2) is 18.2 Å². The number of ether oxygens (including phenoxy) is 4. The molecule has 0 aliphatic carbocycles. The van der Waals surface area contributed by atoms with Crippen LogP contribution in [0.3, 0.4) is 0 Å². The molecule has 1 aromatic rings. The average Bonchev–Trinajstić information content (AvgIpc) is 3.12. The van der Waals surface area contributed by atoms with Gasteiger partial charge in [-0.05, 0) is 37.5 Å². The second kappa shape index (κ2) is 9.40. The fourth-order valence-corrected chi connectivity index (χ4v) is 2.71. The Morgan fingerprint density at radius 1 is 1.23 bits per heavy atom. The summed E-state index contributed by atoms with van der Waals surface area (Å²) in [5.41, 5.74) is 0.835. The molecule has 1 fully saturated rings. The van der Waals surface area contributed by atoms with Gasteiger partial charge in [-0.15, -0.1) is 0 Å². The molecule has 0 spiro atoms. The monoisotopic (exact) mass is 367 g/mol. The van der Waals surface area contributed by atoms with Crippen LogP contribution in [0, 0.1) is 0 Å². The van der Waals surface area contributed by atoms with E-state index in [1.165, 1.54) is 0 Å². The summed E-state index contributed by atoms with van der Waals surface area (Å²) in [6, 6.07) is 5.12. The summed E-state index contributed by atoms with van der Waals surface area (Å²) in [4.78, 5) is 23.2. The van der Waals surface area contributed by atoms with Crippen molar-refractivity contribution in [1.82, 2.24) is 5.32 Å². The first kappa shape index (κ1) is 20.0. The second-order valence-corrected chi connectivity index (χ2v) is 6.01. The van der Waals surface area contributed by atoms with Crippen LogP contribution < -0.4 is 14.8 Å². The standard InChI is InChI=1S/C18H25NO7/c1-11(19-17(20)14-6-7-15(26-14)18(21)22)12-4-5-13(16(10-12)24-3)25-9-8-23-2/h4-5,10-11,14-15H,6-9H2,1-3H3,(H,19,20)(H,21,22)/t11?,14-,15+/m0/s1. The molecule has 1 amide bonds. The third-order valence-corrected chi connectivity index (χ3v) is 4.18. The molecule has 1 heterocycles. The van der Waals surface area contributed by atoms with Gasteiger partial charge in [-0.1, -0.05) is 6.07 Å². The fraction of sp³-hybridized carbons (Fsp3) is 0.556. The summed E-state index contributed by atoms with van der Waals surface area (Å²) in [6.45, 7) is 2.71. The van der Waals surface area contributed by atoms with Crippen LogP contribution in [0.4, 0.5) is 0 Å². The van der Waals surface area contributed by atoms with E-state index in [1.807, 2.05) is 13.0 Å². The van der Waals surface area contributed by atoms with Gasteiger partial charge in [0.05, 0.1) is 19.8 Å². The lowest BCUT2D eigenvalue weighted by Gasteiger charge is -2.19. The van der Waals surface area contributed by atoms with Gasteiger partial charge in [0.2, 0.25) is 5.91 Å². The van der Waals surface area contributed by atoms with Crippen molar-refractivity contribution in [3.05, 3.63) is 23.8 Å². The maximum atomic E-state index is 12.3. The summed E-state index contributed by atoms with van der Waals surface area (Å²) in [7, 11) is 3.14. The van der Waals surface area contributed by atoms with E-state index in [0.717, 1.165) is 5.56 Å². The van der Waals surface area contributed by atoms with Crippen molar-refractivity contribution in [3.63, 3.8) is 0 Å². The molecule has 0 bridgehead atoms. The molecule has 2 N–H and O–H groups in total. The predicted octanol–water partition coefficient (Wildman–Crippen LogP) is 1.53. The summed E-state index contributed by atoms with van der Waals surface area (Å²) in [5, 5.41) is 11.8. The van der Waals surface area contributed by atoms with Crippen molar-refractivity contribution in [2.24, 2.45) is 0 Å². The Morgan fingerprint density at radius 2 is 1.96 bits per heavy atom. The summed E-state index contributed by atoms with van der Waals surface area (Å²) in [5.74, 6) is -0.208. The van der Waals surface area contributed by atoms with Crippen molar-refractivity contribution < 1.29 is 33.6 Å². The highest BCUT2D eigenvalue weighted by Crippen LogP contribution is 2.30. The molecule has 1 aliphatic rings. The van der Waals surface area contributed by atoms with E-state index in [2.05, 4.69) is 5.32 Å². The van der Waals surface area contributed by atoms with Gasteiger partial charge in [0.25, 0.3) is 0 Å². The van der Waals surface area contributed by atoms with E-state index < -0.39 is 18.2 Å². The van der Waals surface area contributed by atoms with Gasteiger partial charge in [0.1, 0.15) is 12.7 Å². The summed E-state index contributed by atoms with van der Waals surface area (Å²) >= 11 is 0. The number of methoxy groups -OCH3 is 2.